The summed E-state index contributed by atoms with van der Waals surface area (Å²) in [5, 5.41) is 12.4. The normalized spacial score (nSPS) is 10.5. The smallest absolute Gasteiger partial charge is 0.348 e. The molecule has 134 valence electrons. The van der Waals surface area contributed by atoms with E-state index in [1.807, 2.05) is 0 Å². The van der Waals surface area contributed by atoms with Crippen LogP contribution >= 0.6 is 23.1 Å². The number of rotatable bonds is 7. The Morgan fingerprint density at radius 3 is 2.56 bits per heavy atom. The van der Waals surface area contributed by atoms with Gasteiger partial charge < -0.3 is 20.4 Å². The fraction of sp³-hybridized carbons (Fsp3) is 0.312. The van der Waals surface area contributed by atoms with Gasteiger partial charge >= 0.3 is 11.9 Å². The largest absolute Gasteiger partial charge is 0.618 e. The first-order chi connectivity index (χ1) is 12.0. The molecule has 0 saturated heterocycles. The first-order valence-corrected chi connectivity index (χ1v) is 9.36. The molecule has 9 heteroatoms. The highest BCUT2D eigenvalue weighted by Crippen LogP contribution is 2.36. The Balaban J connectivity index is 2.39. The van der Waals surface area contributed by atoms with Gasteiger partial charge in [0.15, 0.2) is 6.20 Å². The van der Waals surface area contributed by atoms with E-state index in [0.717, 1.165) is 11.3 Å². The predicted octanol–water partition coefficient (Wildman–Crippen LogP) is 2.61. The van der Waals surface area contributed by atoms with Crippen molar-refractivity contribution in [1.29, 1.82) is 0 Å². The van der Waals surface area contributed by atoms with E-state index in [-0.39, 0.29) is 34.4 Å². The van der Waals surface area contributed by atoms with Gasteiger partial charge in [-0.15, -0.1) is 11.3 Å². The number of hydrogen-bond donors (Lipinski definition) is 1. The number of esters is 2. The van der Waals surface area contributed by atoms with Gasteiger partial charge in [-0.1, -0.05) is 11.8 Å². The van der Waals surface area contributed by atoms with E-state index in [2.05, 4.69) is 0 Å². The zero-order chi connectivity index (χ0) is 18.4. The SMILES string of the molecule is CCOC(=O)c1sc(N)c(C(=O)OCC)c1CSc1cccc[n+]1[O-]. The van der Waals surface area contributed by atoms with E-state index in [4.69, 9.17) is 15.2 Å². The Morgan fingerprint density at radius 2 is 1.92 bits per heavy atom. The van der Waals surface area contributed by atoms with Crippen LogP contribution in [0.1, 0.15) is 39.4 Å². The maximum Gasteiger partial charge on any atom is 0.348 e. The molecule has 2 aromatic rings. The molecular formula is C16H18N2O5S2. The summed E-state index contributed by atoms with van der Waals surface area (Å²) in [7, 11) is 0. The lowest BCUT2D eigenvalue weighted by molar-refractivity contribution is -0.645. The number of hydrogen-bond acceptors (Lipinski definition) is 8. The molecule has 7 nitrogen and oxygen atoms in total. The Hall–Kier alpha value is -2.26. The Kier molecular flexibility index (Phi) is 6.65. The van der Waals surface area contributed by atoms with Gasteiger partial charge in [-0.2, -0.15) is 4.73 Å². The lowest BCUT2D eigenvalue weighted by Gasteiger charge is -2.08. The third-order valence-corrected chi connectivity index (χ3v) is 5.21. The van der Waals surface area contributed by atoms with Gasteiger partial charge in [0.2, 0.25) is 0 Å². The third kappa shape index (κ3) is 4.43. The fourth-order valence-electron chi connectivity index (χ4n) is 2.08. The molecule has 0 saturated carbocycles. The van der Waals surface area contributed by atoms with E-state index in [0.29, 0.717) is 15.3 Å². The van der Waals surface area contributed by atoms with Gasteiger partial charge in [0.1, 0.15) is 9.88 Å². The summed E-state index contributed by atoms with van der Waals surface area (Å²) in [4.78, 5) is 24.7. The molecule has 0 aliphatic carbocycles. The van der Waals surface area contributed by atoms with Crippen LogP contribution in [0.2, 0.25) is 0 Å². The van der Waals surface area contributed by atoms with Crippen LogP contribution < -0.4 is 10.5 Å². The molecule has 0 amide bonds. The molecule has 0 spiro atoms. The van der Waals surface area contributed by atoms with Crippen molar-refractivity contribution in [3.05, 3.63) is 45.6 Å². The van der Waals surface area contributed by atoms with Crippen molar-refractivity contribution in [2.75, 3.05) is 18.9 Å². The number of nitrogens with zero attached hydrogens (tertiary/aromatic N) is 1. The second-order valence-corrected chi connectivity index (χ2v) is 6.79. The molecule has 0 bridgehead atoms. The monoisotopic (exact) mass is 382 g/mol. The average molecular weight is 382 g/mol. The van der Waals surface area contributed by atoms with Gasteiger partial charge in [0.25, 0.3) is 5.03 Å². The fourth-order valence-corrected chi connectivity index (χ4v) is 4.08. The molecule has 2 rings (SSSR count). The molecule has 0 aliphatic heterocycles. The third-order valence-electron chi connectivity index (χ3n) is 3.13. The number of anilines is 1. The molecule has 2 heterocycles. The van der Waals surface area contributed by atoms with Crippen molar-refractivity contribution in [3.8, 4) is 0 Å². The Labute approximate surface area is 153 Å². The molecule has 0 radical (unpaired) electrons. The summed E-state index contributed by atoms with van der Waals surface area (Å²) < 4.78 is 10.8. The number of carbonyl (C=O) groups is 2. The molecule has 2 aromatic heterocycles. The van der Waals surface area contributed by atoms with E-state index in [1.165, 1.54) is 18.0 Å². The molecule has 25 heavy (non-hydrogen) atoms. The van der Waals surface area contributed by atoms with Gasteiger partial charge in [0, 0.05) is 23.4 Å². The predicted molar refractivity (Wildman–Crippen MR) is 95.6 cm³/mol. The van der Waals surface area contributed by atoms with Gasteiger partial charge in [-0.3, -0.25) is 0 Å². The van der Waals surface area contributed by atoms with Crippen LogP contribution in [0.3, 0.4) is 0 Å². The van der Waals surface area contributed by atoms with Crippen molar-refractivity contribution in [3.63, 3.8) is 0 Å². The number of thioether (sulfide) groups is 1. The Bertz CT molecular complexity index is 776. The minimum atomic E-state index is -0.592. The van der Waals surface area contributed by atoms with Crippen LogP contribution in [0.4, 0.5) is 5.00 Å². The number of nitrogens with two attached hydrogens (primary N) is 1. The highest BCUT2D eigenvalue weighted by Gasteiger charge is 2.28. The van der Waals surface area contributed by atoms with Crippen molar-refractivity contribution in [2.24, 2.45) is 0 Å². The van der Waals surface area contributed by atoms with E-state index < -0.39 is 11.9 Å². The number of aromatic nitrogens is 1. The highest BCUT2D eigenvalue weighted by molar-refractivity contribution is 7.98. The van der Waals surface area contributed by atoms with E-state index in [1.54, 1.807) is 32.0 Å². The van der Waals surface area contributed by atoms with Crippen LogP contribution in [-0.2, 0) is 15.2 Å². The second kappa shape index (κ2) is 8.72. The van der Waals surface area contributed by atoms with Gasteiger partial charge in [-0.25, -0.2) is 9.59 Å². The van der Waals surface area contributed by atoms with Crippen LogP contribution in [0.25, 0.3) is 0 Å². The van der Waals surface area contributed by atoms with Crippen molar-refractivity contribution < 1.29 is 23.8 Å². The lowest BCUT2D eigenvalue weighted by atomic mass is 10.1. The first-order valence-electron chi connectivity index (χ1n) is 7.55. The summed E-state index contributed by atoms with van der Waals surface area (Å²) in [6.07, 6.45) is 1.38. The van der Waals surface area contributed by atoms with Crippen molar-refractivity contribution in [2.45, 2.75) is 24.6 Å². The molecular weight excluding hydrogens is 364 g/mol. The molecule has 0 aromatic carbocycles. The maximum absolute atomic E-state index is 12.2. The summed E-state index contributed by atoms with van der Waals surface area (Å²) in [5.41, 5.74) is 6.53. The molecule has 0 unspecified atom stereocenters. The minimum absolute atomic E-state index is 0.163. The number of nitrogen functional groups attached to an aromatic ring is 1. The summed E-state index contributed by atoms with van der Waals surface area (Å²) in [6.45, 7) is 3.78. The van der Waals surface area contributed by atoms with Crippen molar-refractivity contribution in [1.82, 2.24) is 0 Å². The molecule has 2 N–H and O–H groups in total. The minimum Gasteiger partial charge on any atom is -0.618 e. The number of thiophene rings is 1. The quantitative estimate of drug-likeness (QED) is 0.339. The maximum atomic E-state index is 12.2. The van der Waals surface area contributed by atoms with Crippen LogP contribution in [0.5, 0.6) is 0 Å². The van der Waals surface area contributed by atoms with E-state index in [9.17, 15) is 14.8 Å². The zero-order valence-corrected chi connectivity index (χ0v) is 15.4. The van der Waals surface area contributed by atoms with Gasteiger partial charge in [0.05, 0.1) is 18.8 Å². The summed E-state index contributed by atoms with van der Waals surface area (Å²) >= 11 is 2.19. The summed E-state index contributed by atoms with van der Waals surface area (Å²) in [5.74, 6) is -0.929. The van der Waals surface area contributed by atoms with E-state index >= 15 is 0 Å². The topological polar surface area (TPSA) is 106 Å². The zero-order valence-electron chi connectivity index (χ0n) is 13.8. The van der Waals surface area contributed by atoms with Gasteiger partial charge in [-0.05, 0) is 19.9 Å². The van der Waals surface area contributed by atoms with Crippen LogP contribution in [0, 0.1) is 5.21 Å². The molecule has 0 fully saturated rings. The Morgan fingerprint density at radius 1 is 1.24 bits per heavy atom. The highest BCUT2D eigenvalue weighted by atomic mass is 32.2. The van der Waals surface area contributed by atoms with Crippen LogP contribution in [0.15, 0.2) is 29.4 Å². The number of ether oxygens (including phenoxy) is 2. The number of pyridine rings is 1. The van der Waals surface area contributed by atoms with Crippen molar-refractivity contribution >= 4 is 40.0 Å². The molecule has 0 aliphatic rings. The first kappa shape index (κ1) is 19.1. The second-order valence-electron chi connectivity index (χ2n) is 4.74. The standard InChI is InChI=1S/C16H18N2O5S2/c1-3-22-15(19)12-10(9-24-11-7-5-6-8-18(11)21)13(25-14(12)17)16(20)23-4-2/h5-8H,3-4,9,17H2,1-2H3. The molecule has 0 atom stereocenters. The number of carbonyl (C=O) groups excluding carboxylic acids is 2. The lowest BCUT2D eigenvalue weighted by Crippen LogP contribution is -2.27. The summed E-state index contributed by atoms with van der Waals surface area (Å²) in [6, 6.07) is 5.01. The van der Waals surface area contributed by atoms with Crippen LogP contribution in [-0.4, -0.2) is 25.2 Å². The average Bonchev–Trinajstić information content (AvgIpc) is 2.91.